The van der Waals surface area contributed by atoms with E-state index in [1.165, 1.54) is 25.3 Å². The molecule has 1 N–H and O–H groups in total. The van der Waals surface area contributed by atoms with Crippen molar-refractivity contribution in [3.05, 3.63) is 93.2 Å². The summed E-state index contributed by atoms with van der Waals surface area (Å²) >= 11 is 12.3. The fraction of sp³-hybridized carbons (Fsp3) is 0.0833. The highest BCUT2D eigenvalue weighted by molar-refractivity contribution is 6.32. The van der Waals surface area contributed by atoms with Crippen molar-refractivity contribution in [1.82, 2.24) is 0 Å². The summed E-state index contributed by atoms with van der Waals surface area (Å²) in [5.41, 5.74) is 1.11. The van der Waals surface area contributed by atoms with Crippen molar-refractivity contribution in [2.75, 3.05) is 12.4 Å². The first-order valence-electron chi connectivity index (χ1n) is 9.33. The van der Waals surface area contributed by atoms with E-state index in [1.807, 2.05) is 6.07 Å². The third-order valence-electron chi connectivity index (χ3n) is 4.34. The third-order valence-corrected chi connectivity index (χ3v) is 4.86. The predicted octanol–water partition coefficient (Wildman–Crippen LogP) is 6.27. The lowest BCUT2D eigenvalue weighted by molar-refractivity contribution is -0.112. The van der Waals surface area contributed by atoms with E-state index >= 15 is 0 Å². The van der Waals surface area contributed by atoms with Gasteiger partial charge in [-0.1, -0.05) is 47.5 Å². The lowest BCUT2D eigenvalue weighted by atomic mass is 10.1. The summed E-state index contributed by atoms with van der Waals surface area (Å²) < 4.78 is 24.9. The van der Waals surface area contributed by atoms with Crippen molar-refractivity contribution in [3.8, 4) is 17.6 Å². The van der Waals surface area contributed by atoms with E-state index in [0.29, 0.717) is 21.8 Å². The van der Waals surface area contributed by atoms with Gasteiger partial charge in [0.15, 0.2) is 11.5 Å². The normalized spacial score (nSPS) is 10.9. The molecule has 0 aromatic heterocycles. The fourth-order valence-electron chi connectivity index (χ4n) is 2.81. The number of carbonyl (C=O) groups excluding carboxylic acids is 1. The Morgan fingerprint density at radius 1 is 1.16 bits per heavy atom. The number of nitrogens with one attached hydrogen (secondary N) is 1. The number of halogens is 3. The van der Waals surface area contributed by atoms with Gasteiger partial charge in [0.2, 0.25) is 0 Å². The molecule has 0 aliphatic carbocycles. The minimum atomic E-state index is -0.607. The summed E-state index contributed by atoms with van der Waals surface area (Å²) in [5, 5.41) is 12.7. The van der Waals surface area contributed by atoms with Gasteiger partial charge in [-0.2, -0.15) is 5.26 Å². The Hall–Kier alpha value is -3.53. The van der Waals surface area contributed by atoms with Crippen LogP contribution in [0.5, 0.6) is 11.5 Å². The Labute approximate surface area is 194 Å². The molecule has 0 aliphatic heterocycles. The number of nitrogens with zero attached hydrogens (tertiary/aromatic N) is 1. The maximum Gasteiger partial charge on any atom is 0.266 e. The zero-order chi connectivity index (χ0) is 23.1. The van der Waals surface area contributed by atoms with E-state index in [0.717, 1.165) is 0 Å². The van der Waals surface area contributed by atoms with Gasteiger partial charge in [-0.3, -0.25) is 4.79 Å². The van der Waals surface area contributed by atoms with Crippen LogP contribution in [0.4, 0.5) is 10.1 Å². The van der Waals surface area contributed by atoms with Gasteiger partial charge >= 0.3 is 0 Å². The lowest BCUT2D eigenvalue weighted by Crippen LogP contribution is -2.13. The van der Waals surface area contributed by atoms with Gasteiger partial charge in [0.05, 0.1) is 12.1 Å². The number of benzene rings is 3. The van der Waals surface area contributed by atoms with Crippen molar-refractivity contribution < 1.29 is 18.7 Å². The molecule has 0 saturated heterocycles. The van der Waals surface area contributed by atoms with Gasteiger partial charge in [0, 0.05) is 16.3 Å². The van der Waals surface area contributed by atoms with Gasteiger partial charge in [0.1, 0.15) is 24.1 Å². The minimum Gasteiger partial charge on any atom is -0.493 e. The number of amides is 1. The molecule has 1 amide bonds. The van der Waals surface area contributed by atoms with Gasteiger partial charge in [-0.15, -0.1) is 0 Å². The van der Waals surface area contributed by atoms with Crippen LogP contribution in [0.15, 0.2) is 66.2 Å². The van der Waals surface area contributed by atoms with Crippen LogP contribution in [-0.2, 0) is 11.4 Å². The summed E-state index contributed by atoms with van der Waals surface area (Å²) in [7, 11) is 1.42. The van der Waals surface area contributed by atoms with Crippen LogP contribution in [0.25, 0.3) is 6.08 Å². The SMILES string of the molecule is COc1cc(/C=C(\C#N)C(=O)Nc2cccc(Cl)c2)cc(Cl)c1OCc1ccccc1F. The molecule has 0 fully saturated rings. The first kappa shape index (κ1) is 23.1. The Morgan fingerprint density at radius 3 is 2.62 bits per heavy atom. The molecule has 3 aromatic carbocycles. The van der Waals surface area contributed by atoms with Crippen LogP contribution in [-0.4, -0.2) is 13.0 Å². The molecule has 0 heterocycles. The average Bonchev–Trinajstić information content (AvgIpc) is 2.77. The van der Waals surface area contributed by atoms with Gasteiger partial charge in [-0.25, -0.2) is 4.39 Å². The molecule has 5 nitrogen and oxygen atoms in total. The third kappa shape index (κ3) is 5.79. The second-order valence-electron chi connectivity index (χ2n) is 6.55. The molecule has 0 unspecified atom stereocenters. The highest BCUT2D eigenvalue weighted by Crippen LogP contribution is 2.37. The standard InChI is InChI=1S/C24H17Cl2FN2O3/c1-31-22-11-15(9-17(13-28)24(30)29-19-7-4-6-18(25)12-19)10-20(26)23(22)32-14-16-5-2-3-8-21(16)27/h2-12H,14H2,1H3,(H,29,30)/b17-9+. The molecule has 162 valence electrons. The molecule has 0 spiro atoms. The zero-order valence-corrected chi connectivity index (χ0v) is 18.4. The first-order chi connectivity index (χ1) is 15.4. The maximum absolute atomic E-state index is 13.8. The number of nitriles is 1. The van der Waals surface area contributed by atoms with Crippen molar-refractivity contribution in [2.24, 2.45) is 0 Å². The molecule has 32 heavy (non-hydrogen) atoms. The Bertz CT molecular complexity index is 1220. The summed E-state index contributed by atoms with van der Waals surface area (Å²) in [4.78, 5) is 12.5. The van der Waals surface area contributed by atoms with E-state index in [4.69, 9.17) is 32.7 Å². The smallest absolute Gasteiger partial charge is 0.266 e. The van der Waals surface area contributed by atoms with E-state index in [9.17, 15) is 14.4 Å². The molecule has 0 saturated carbocycles. The number of hydrogen-bond donors (Lipinski definition) is 1. The number of carbonyl (C=O) groups is 1. The van der Waals surface area contributed by atoms with Gasteiger partial charge in [0.25, 0.3) is 5.91 Å². The topological polar surface area (TPSA) is 71.3 Å². The molecule has 3 aromatic rings. The highest BCUT2D eigenvalue weighted by Gasteiger charge is 2.15. The number of ether oxygens (including phenoxy) is 2. The van der Waals surface area contributed by atoms with Gasteiger partial charge in [-0.05, 0) is 48.0 Å². The second-order valence-corrected chi connectivity index (χ2v) is 7.39. The number of rotatable bonds is 7. The van der Waals surface area contributed by atoms with Crippen LogP contribution in [0.3, 0.4) is 0 Å². The zero-order valence-electron chi connectivity index (χ0n) is 16.9. The molecular formula is C24H17Cl2FN2O3. The maximum atomic E-state index is 13.8. The van der Waals surface area contributed by atoms with Crippen molar-refractivity contribution in [1.29, 1.82) is 5.26 Å². The summed E-state index contributed by atoms with van der Waals surface area (Å²) in [5.74, 6) is -0.514. The molecule has 0 aliphatic rings. The first-order valence-corrected chi connectivity index (χ1v) is 10.1. The van der Waals surface area contributed by atoms with Crippen LogP contribution in [0.1, 0.15) is 11.1 Å². The highest BCUT2D eigenvalue weighted by atomic mass is 35.5. The fourth-order valence-corrected chi connectivity index (χ4v) is 3.27. The van der Waals surface area contributed by atoms with E-state index in [-0.39, 0.29) is 28.7 Å². The van der Waals surface area contributed by atoms with Gasteiger partial charge < -0.3 is 14.8 Å². The quantitative estimate of drug-likeness (QED) is 0.326. The molecule has 0 radical (unpaired) electrons. The number of hydrogen-bond acceptors (Lipinski definition) is 4. The van der Waals surface area contributed by atoms with Crippen molar-refractivity contribution >= 4 is 40.9 Å². The van der Waals surface area contributed by atoms with Crippen molar-refractivity contribution in [2.45, 2.75) is 6.61 Å². The number of anilines is 1. The van der Waals surface area contributed by atoms with E-state index in [1.54, 1.807) is 48.5 Å². The monoisotopic (exact) mass is 470 g/mol. The Balaban J connectivity index is 1.83. The lowest BCUT2D eigenvalue weighted by Gasteiger charge is -2.14. The summed E-state index contributed by atoms with van der Waals surface area (Å²) in [6.45, 7) is -0.0522. The predicted molar refractivity (Wildman–Crippen MR) is 122 cm³/mol. The molecule has 3 rings (SSSR count). The van der Waals surface area contributed by atoms with E-state index in [2.05, 4.69) is 5.32 Å². The minimum absolute atomic E-state index is 0.0522. The Kier molecular flexibility index (Phi) is 7.72. The number of methoxy groups -OCH3 is 1. The summed E-state index contributed by atoms with van der Waals surface area (Å²) in [6.07, 6.45) is 1.37. The van der Waals surface area contributed by atoms with Crippen LogP contribution in [0.2, 0.25) is 10.0 Å². The molecule has 8 heteroatoms. The summed E-state index contributed by atoms with van der Waals surface area (Å²) in [6, 6.07) is 17.7. The molecule has 0 atom stereocenters. The van der Waals surface area contributed by atoms with E-state index < -0.39 is 11.7 Å². The Morgan fingerprint density at radius 2 is 1.94 bits per heavy atom. The van der Waals surface area contributed by atoms with Crippen molar-refractivity contribution in [3.63, 3.8) is 0 Å². The molecule has 0 bridgehead atoms. The largest absolute Gasteiger partial charge is 0.493 e. The van der Waals surface area contributed by atoms with Crippen LogP contribution >= 0.6 is 23.2 Å². The average molecular weight is 471 g/mol. The van der Waals surface area contributed by atoms with Crippen LogP contribution < -0.4 is 14.8 Å². The molecular weight excluding hydrogens is 454 g/mol. The second kappa shape index (κ2) is 10.7. The van der Waals surface area contributed by atoms with Crippen LogP contribution in [0, 0.1) is 17.1 Å².